The molecule has 0 spiro atoms. The average molecular weight is 582 g/mol. The lowest BCUT2D eigenvalue weighted by molar-refractivity contribution is -0.137. The van der Waals surface area contributed by atoms with Crippen LogP contribution in [0.1, 0.15) is 34.8 Å². The molecule has 0 saturated carbocycles. The predicted molar refractivity (Wildman–Crippen MR) is 145 cm³/mol. The van der Waals surface area contributed by atoms with Crippen LogP contribution in [0.4, 0.5) is 36.4 Å². The van der Waals surface area contributed by atoms with Crippen LogP contribution in [0.15, 0.2) is 48.8 Å². The molecule has 3 aromatic rings. The number of hydrogen-bond donors (Lipinski definition) is 3. The number of nitrogens with zero attached hydrogens (tertiary/aromatic N) is 5. The van der Waals surface area contributed by atoms with Crippen LogP contribution in [0.25, 0.3) is 0 Å². The summed E-state index contributed by atoms with van der Waals surface area (Å²) >= 11 is 0. The van der Waals surface area contributed by atoms with Gasteiger partial charge in [-0.1, -0.05) is 19.1 Å². The molecular weight excluding hydrogens is 551 g/mol. The second-order valence-electron chi connectivity index (χ2n) is 8.75. The molecule has 3 N–H and O–H groups in total. The molecule has 2 aromatic heterocycles. The van der Waals surface area contributed by atoms with Gasteiger partial charge in [0.1, 0.15) is 17.2 Å². The molecule has 40 heavy (non-hydrogen) atoms. The van der Waals surface area contributed by atoms with Gasteiger partial charge in [0.25, 0.3) is 5.91 Å². The minimum absolute atomic E-state index is 0.0539. The minimum Gasteiger partial charge on any atom is -0.395 e. The van der Waals surface area contributed by atoms with Crippen molar-refractivity contribution < 1.29 is 31.5 Å². The summed E-state index contributed by atoms with van der Waals surface area (Å²) in [6.07, 6.45) is -1.09. The van der Waals surface area contributed by atoms with E-state index in [0.717, 1.165) is 10.6 Å². The van der Waals surface area contributed by atoms with Crippen LogP contribution in [0.2, 0.25) is 0 Å². The molecule has 0 bridgehead atoms. The Morgan fingerprint density at radius 3 is 2.52 bits per heavy atom. The fraction of sp³-hybridized carbons (Fsp3) is 0.360. The molecule has 1 amide bonds. The van der Waals surface area contributed by atoms with Gasteiger partial charge in [0.05, 0.1) is 12.9 Å². The second kappa shape index (κ2) is 12.9. The number of alkyl halides is 3. The summed E-state index contributed by atoms with van der Waals surface area (Å²) in [7, 11) is -2.38. The first-order chi connectivity index (χ1) is 18.8. The van der Waals surface area contributed by atoms with Crippen LogP contribution in [-0.2, 0) is 22.7 Å². The minimum atomic E-state index is -4.77. The van der Waals surface area contributed by atoms with Crippen LogP contribution in [0.5, 0.6) is 0 Å². The zero-order chi connectivity index (χ0) is 29.5. The highest BCUT2D eigenvalue weighted by atomic mass is 32.2. The van der Waals surface area contributed by atoms with Crippen molar-refractivity contribution in [1.82, 2.24) is 19.9 Å². The van der Waals surface area contributed by atoms with Crippen LogP contribution in [0.3, 0.4) is 0 Å². The zero-order valence-corrected chi connectivity index (χ0v) is 22.9. The number of aliphatic hydroxyl groups is 1. The third kappa shape index (κ3) is 7.79. The number of anilines is 4. The van der Waals surface area contributed by atoms with Gasteiger partial charge in [-0.05, 0) is 30.7 Å². The van der Waals surface area contributed by atoms with Gasteiger partial charge in [-0.15, -0.1) is 0 Å². The van der Waals surface area contributed by atoms with Crippen molar-refractivity contribution in [2.24, 2.45) is 0 Å². The van der Waals surface area contributed by atoms with E-state index >= 15 is 0 Å². The largest absolute Gasteiger partial charge is 0.421 e. The van der Waals surface area contributed by atoms with Gasteiger partial charge in [0, 0.05) is 55.9 Å². The lowest BCUT2D eigenvalue weighted by atomic mass is 10.1. The molecule has 3 rings (SSSR count). The van der Waals surface area contributed by atoms with Crippen LogP contribution < -0.4 is 14.9 Å². The Morgan fingerprint density at radius 2 is 1.88 bits per heavy atom. The number of amides is 1. The van der Waals surface area contributed by atoms with Crippen molar-refractivity contribution in [1.29, 1.82) is 0 Å². The summed E-state index contributed by atoms with van der Waals surface area (Å²) in [4.78, 5) is 26.2. The van der Waals surface area contributed by atoms with Crippen LogP contribution in [0, 0.1) is 0 Å². The highest BCUT2D eigenvalue weighted by Crippen LogP contribution is 2.34. The number of aliphatic hydroxyl groups excluding tert-OH is 1. The molecule has 2 heterocycles. The van der Waals surface area contributed by atoms with Gasteiger partial charge in [-0.3, -0.25) is 9.10 Å². The summed E-state index contributed by atoms with van der Waals surface area (Å²) in [5.41, 5.74) is -0.122. The fourth-order valence-corrected chi connectivity index (χ4v) is 4.20. The molecule has 0 fully saturated rings. The molecule has 216 valence electrons. The van der Waals surface area contributed by atoms with E-state index < -0.39 is 27.6 Å². The number of benzene rings is 1. The maximum Gasteiger partial charge on any atom is 0.421 e. The molecular formula is C25H30F3N7O4S. The first-order valence-electron chi connectivity index (χ1n) is 12.2. The number of carbonyl (C=O) groups excluding carboxylic acids is 1. The normalized spacial score (nSPS) is 11.7. The Kier molecular flexibility index (Phi) is 9.87. The van der Waals surface area contributed by atoms with E-state index in [9.17, 15) is 31.5 Å². The molecule has 0 radical (unpaired) electrons. The molecule has 1 aromatic carbocycles. The Balaban J connectivity index is 1.88. The summed E-state index contributed by atoms with van der Waals surface area (Å²) in [6, 6.07) is 9.37. The number of pyridine rings is 1. The predicted octanol–water partition coefficient (Wildman–Crippen LogP) is 3.49. The first kappa shape index (κ1) is 30.6. The number of halogens is 3. The lowest BCUT2D eigenvalue weighted by Gasteiger charge is -2.21. The Labute approximate surface area is 230 Å². The zero-order valence-electron chi connectivity index (χ0n) is 22.1. The molecule has 0 aliphatic heterocycles. The van der Waals surface area contributed by atoms with Gasteiger partial charge in [-0.2, -0.15) is 18.2 Å². The number of nitrogens with one attached hydrogen (secondary N) is 2. The van der Waals surface area contributed by atoms with E-state index in [1.54, 1.807) is 18.2 Å². The van der Waals surface area contributed by atoms with Crippen molar-refractivity contribution in [3.05, 3.63) is 65.5 Å². The number of aromatic nitrogens is 3. The van der Waals surface area contributed by atoms with Gasteiger partial charge in [-0.25, -0.2) is 18.4 Å². The maximum atomic E-state index is 13.7. The van der Waals surface area contributed by atoms with Crippen molar-refractivity contribution in [2.45, 2.75) is 26.1 Å². The second-order valence-corrected chi connectivity index (χ2v) is 10.8. The first-order valence-corrected chi connectivity index (χ1v) is 14.0. The monoisotopic (exact) mass is 581 g/mol. The summed E-state index contributed by atoms with van der Waals surface area (Å²) in [5.74, 6) is -0.952. The lowest BCUT2D eigenvalue weighted by Crippen LogP contribution is -2.34. The summed E-state index contributed by atoms with van der Waals surface area (Å²) in [5, 5.41) is 14.7. The number of hydrogen-bond acceptors (Lipinski definition) is 9. The fourth-order valence-electron chi connectivity index (χ4n) is 3.72. The molecule has 11 nitrogen and oxygen atoms in total. The van der Waals surface area contributed by atoms with Gasteiger partial charge in [0.2, 0.25) is 16.0 Å². The van der Waals surface area contributed by atoms with Crippen molar-refractivity contribution in [3.63, 3.8) is 0 Å². The van der Waals surface area contributed by atoms with Gasteiger partial charge in [0.15, 0.2) is 0 Å². The van der Waals surface area contributed by atoms with E-state index in [-0.39, 0.29) is 37.4 Å². The number of carbonyl (C=O) groups is 1. The number of sulfonamides is 1. The molecule has 0 aliphatic rings. The van der Waals surface area contributed by atoms with E-state index in [1.807, 2.05) is 6.92 Å². The van der Waals surface area contributed by atoms with E-state index in [2.05, 4.69) is 25.6 Å². The van der Waals surface area contributed by atoms with E-state index in [1.165, 1.54) is 36.3 Å². The van der Waals surface area contributed by atoms with Gasteiger partial charge < -0.3 is 20.6 Å². The van der Waals surface area contributed by atoms with Crippen molar-refractivity contribution in [2.75, 3.05) is 47.9 Å². The van der Waals surface area contributed by atoms with E-state index in [4.69, 9.17) is 0 Å². The van der Waals surface area contributed by atoms with Crippen molar-refractivity contribution >= 4 is 39.2 Å². The van der Waals surface area contributed by atoms with Crippen molar-refractivity contribution in [3.8, 4) is 0 Å². The topological polar surface area (TPSA) is 141 Å². The Bertz CT molecular complexity index is 1430. The third-order valence-corrected chi connectivity index (χ3v) is 6.89. The summed E-state index contributed by atoms with van der Waals surface area (Å²) in [6.45, 7) is 2.11. The van der Waals surface area contributed by atoms with Gasteiger partial charge >= 0.3 is 6.18 Å². The van der Waals surface area contributed by atoms with Crippen LogP contribution >= 0.6 is 0 Å². The molecule has 0 saturated heterocycles. The molecule has 0 atom stereocenters. The maximum absolute atomic E-state index is 13.7. The molecule has 0 unspecified atom stereocenters. The standard InChI is InChI=1S/C25H30F3N7O4S/c1-4-11-35(12-13-36)23(37)17-7-5-9-19(14-17)32-24-31-16-20(25(26,27)28)21(33-24)30-15-18-8-6-10-29-22(18)34(2)40(3,38)39/h5-10,14,16,36H,4,11-13,15H2,1-3H3,(H2,30,31,32,33). The Hall–Kier alpha value is -3.98. The molecule has 0 aliphatic carbocycles. The Morgan fingerprint density at radius 1 is 1.12 bits per heavy atom. The quantitative estimate of drug-likeness (QED) is 0.293. The molecule has 15 heteroatoms. The SMILES string of the molecule is CCCN(CCO)C(=O)c1cccc(Nc2ncc(C(F)(F)F)c(NCc3cccnc3N(C)S(C)(=O)=O)n2)c1. The van der Waals surface area contributed by atoms with E-state index in [0.29, 0.717) is 36.0 Å². The average Bonchev–Trinajstić information content (AvgIpc) is 2.90. The smallest absolute Gasteiger partial charge is 0.395 e. The highest BCUT2D eigenvalue weighted by Gasteiger charge is 2.35. The van der Waals surface area contributed by atoms with Crippen LogP contribution in [-0.4, -0.2) is 72.3 Å². The number of rotatable bonds is 12. The highest BCUT2D eigenvalue weighted by molar-refractivity contribution is 7.92. The summed E-state index contributed by atoms with van der Waals surface area (Å²) < 4.78 is 66.1. The third-order valence-electron chi connectivity index (χ3n) is 5.72.